The van der Waals surface area contributed by atoms with E-state index in [1.807, 2.05) is 12.1 Å². The summed E-state index contributed by atoms with van der Waals surface area (Å²) in [5.74, 6) is 0.116. The molecule has 24 heavy (non-hydrogen) atoms. The van der Waals surface area contributed by atoms with Crippen LogP contribution in [0.2, 0.25) is 0 Å². The van der Waals surface area contributed by atoms with Crippen molar-refractivity contribution in [2.75, 3.05) is 0 Å². The summed E-state index contributed by atoms with van der Waals surface area (Å²) < 4.78 is 5.33. The van der Waals surface area contributed by atoms with Crippen LogP contribution in [-0.4, -0.2) is 11.1 Å². The molecule has 136 valence electrons. The number of carbonyl (C=O) groups is 1. The van der Waals surface area contributed by atoms with Gasteiger partial charge >= 0.3 is 5.97 Å². The van der Waals surface area contributed by atoms with Gasteiger partial charge in [0.25, 0.3) is 0 Å². The fraction of sp³-hybridized carbons (Fsp3) is 0.667. The first-order valence-electron chi connectivity index (χ1n) is 9.63. The summed E-state index contributed by atoms with van der Waals surface area (Å²) in [4.78, 5) is 11.7. The molecule has 1 rings (SSSR count). The highest BCUT2D eigenvalue weighted by Gasteiger charge is 2.06. The monoisotopic (exact) mass is 334 g/mol. The average molecular weight is 335 g/mol. The molecule has 3 heteroatoms. The summed E-state index contributed by atoms with van der Waals surface area (Å²) in [6.07, 6.45) is 12.0. The van der Waals surface area contributed by atoms with Crippen molar-refractivity contribution in [2.45, 2.75) is 91.1 Å². The molecule has 0 atom stereocenters. The highest BCUT2D eigenvalue weighted by atomic mass is 16.5. The lowest BCUT2D eigenvalue weighted by Crippen LogP contribution is -2.04. The van der Waals surface area contributed by atoms with Gasteiger partial charge in [-0.1, -0.05) is 64.9 Å². The summed E-state index contributed by atoms with van der Waals surface area (Å²) in [5.41, 5.74) is 2.00. The number of phenols is 1. The minimum Gasteiger partial charge on any atom is -0.508 e. The number of phenolic OH excluding ortho intramolecular Hbond substituents is 1. The van der Waals surface area contributed by atoms with Crippen LogP contribution in [0.4, 0.5) is 0 Å². The maximum Gasteiger partial charge on any atom is 0.306 e. The Labute approximate surface area is 147 Å². The zero-order valence-electron chi connectivity index (χ0n) is 15.5. The maximum absolute atomic E-state index is 11.7. The molecule has 0 unspecified atom stereocenters. The molecule has 0 amide bonds. The quantitative estimate of drug-likeness (QED) is 0.360. The number of esters is 1. The Hall–Kier alpha value is -1.51. The van der Waals surface area contributed by atoms with Gasteiger partial charge in [0, 0.05) is 6.42 Å². The smallest absolute Gasteiger partial charge is 0.306 e. The Morgan fingerprint density at radius 1 is 0.875 bits per heavy atom. The first-order valence-corrected chi connectivity index (χ1v) is 9.63. The normalized spacial score (nSPS) is 10.8. The third-order valence-electron chi connectivity index (χ3n) is 4.24. The second kappa shape index (κ2) is 12.9. The third-order valence-corrected chi connectivity index (χ3v) is 4.24. The van der Waals surface area contributed by atoms with Crippen LogP contribution < -0.4 is 0 Å². The van der Waals surface area contributed by atoms with Gasteiger partial charge in [-0.15, -0.1) is 0 Å². The van der Waals surface area contributed by atoms with Gasteiger partial charge in [-0.2, -0.15) is 0 Å². The third kappa shape index (κ3) is 9.59. The standard InChI is InChI=1S/C21H34O3/c1-3-5-7-9-10-12-18-14-19(16-20(22)15-18)17-24-21(23)13-11-8-6-4-2/h14-16,22H,3-13,17H2,1-2H3. The van der Waals surface area contributed by atoms with Crippen molar-refractivity contribution in [3.63, 3.8) is 0 Å². The Balaban J connectivity index is 2.35. The van der Waals surface area contributed by atoms with Crippen LogP contribution >= 0.6 is 0 Å². The van der Waals surface area contributed by atoms with Gasteiger partial charge in [0.2, 0.25) is 0 Å². The average Bonchev–Trinajstić information content (AvgIpc) is 2.56. The van der Waals surface area contributed by atoms with Crippen molar-refractivity contribution in [1.29, 1.82) is 0 Å². The molecule has 0 saturated heterocycles. The molecule has 0 aliphatic carbocycles. The lowest BCUT2D eigenvalue weighted by atomic mass is 10.0. The number of aryl methyl sites for hydroxylation is 1. The molecule has 0 bridgehead atoms. The highest BCUT2D eigenvalue weighted by molar-refractivity contribution is 5.69. The summed E-state index contributed by atoms with van der Waals surface area (Å²) in [5, 5.41) is 9.86. The number of benzene rings is 1. The minimum absolute atomic E-state index is 0.143. The molecule has 0 aliphatic heterocycles. The largest absolute Gasteiger partial charge is 0.508 e. The van der Waals surface area contributed by atoms with Crippen LogP contribution in [0, 0.1) is 0 Å². The van der Waals surface area contributed by atoms with Crippen molar-refractivity contribution in [3.8, 4) is 5.75 Å². The zero-order valence-corrected chi connectivity index (χ0v) is 15.5. The Morgan fingerprint density at radius 3 is 2.21 bits per heavy atom. The summed E-state index contributed by atoms with van der Waals surface area (Å²) in [7, 11) is 0. The van der Waals surface area contributed by atoms with E-state index in [9.17, 15) is 9.90 Å². The van der Waals surface area contributed by atoms with Crippen molar-refractivity contribution < 1.29 is 14.6 Å². The molecule has 0 aliphatic rings. The van der Waals surface area contributed by atoms with E-state index in [2.05, 4.69) is 13.8 Å². The fourth-order valence-corrected chi connectivity index (χ4v) is 2.84. The van der Waals surface area contributed by atoms with Gasteiger partial charge < -0.3 is 9.84 Å². The van der Waals surface area contributed by atoms with Crippen molar-refractivity contribution in [3.05, 3.63) is 29.3 Å². The Morgan fingerprint density at radius 2 is 1.50 bits per heavy atom. The minimum atomic E-state index is -0.143. The number of rotatable bonds is 13. The van der Waals surface area contributed by atoms with E-state index in [1.165, 1.54) is 38.5 Å². The van der Waals surface area contributed by atoms with E-state index >= 15 is 0 Å². The Kier molecular flexibility index (Phi) is 11.0. The van der Waals surface area contributed by atoms with Crippen molar-refractivity contribution in [1.82, 2.24) is 0 Å². The SMILES string of the molecule is CCCCCCCc1cc(O)cc(COC(=O)CCCCCC)c1. The predicted octanol–water partition coefficient (Wildman–Crippen LogP) is 5.92. The topological polar surface area (TPSA) is 46.5 Å². The van der Waals surface area contributed by atoms with E-state index in [1.54, 1.807) is 6.07 Å². The fourth-order valence-electron chi connectivity index (χ4n) is 2.84. The molecular formula is C21H34O3. The van der Waals surface area contributed by atoms with Gasteiger partial charge in [0.05, 0.1) is 0 Å². The summed E-state index contributed by atoms with van der Waals surface area (Å²) in [6.45, 7) is 4.62. The Bertz CT molecular complexity index is 468. The van der Waals surface area contributed by atoms with Gasteiger partial charge in [-0.05, 0) is 42.5 Å². The van der Waals surface area contributed by atoms with Crippen LogP contribution in [0.3, 0.4) is 0 Å². The first kappa shape index (κ1) is 20.5. The molecule has 0 spiro atoms. The van der Waals surface area contributed by atoms with Gasteiger partial charge in [-0.3, -0.25) is 4.79 Å². The van der Waals surface area contributed by atoms with Crippen molar-refractivity contribution in [2.24, 2.45) is 0 Å². The number of carbonyl (C=O) groups excluding carboxylic acids is 1. The van der Waals surface area contributed by atoms with E-state index in [0.717, 1.165) is 36.8 Å². The zero-order chi connectivity index (χ0) is 17.6. The second-order valence-corrected chi connectivity index (χ2v) is 6.64. The number of ether oxygens (including phenoxy) is 1. The molecule has 1 N–H and O–H groups in total. The number of hydrogen-bond donors (Lipinski definition) is 1. The number of hydrogen-bond acceptors (Lipinski definition) is 3. The van der Waals surface area contributed by atoms with Crippen LogP contribution in [0.25, 0.3) is 0 Å². The molecule has 0 heterocycles. The maximum atomic E-state index is 11.7. The van der Waals surface area contributed by atoms with Gasteiger partial charge in [0.15, 0.2) is 0 Å². The van der Waals surface area contributed by atoms with E-state index in [4.69, 9.17) is 4.74 Å². The molecule has 3 nitrogen and oxygen atoms in total. The lowest BCUT2D eigenvalue weighted by molar-refractivity contribution is -0.145. The van der Waals surface area contributed by atoms with E-state index in [-0.39, 0.29) is 18.3 Å². The van der Waals surface area contributed by atoms with Gasteiger partial charge in [-0.25, -0.2) is 0 Å². The molecule has 0 aromatic heterocycles. The van der Waals surface area contributed by atoms with Crippen molar-refractivity contribution >= 4 is 5.97 Å². The van der Waals surface area contributed by atoms with E-state index < -0.39 is 0 Å². The lowest BCUT2D eigenvalue weighted by Gasteiger charge is -2.08. The predicted molar refractivity (Wildman–Crippen MR) is 99.1 cm³/mol. The molecule has 0 radical (unpaired) electrons. The molecule has 0 fully saturated rings. The molecule has 1 aromatic rings. The second-order valence-electron chi connectivity index (χ2n) is 6.64. The van der Waals surface area contributed by atoms with E-state index in [0.29, 0.717) is 6.42 Å². The van der Waals surface area contributed by atoms with Crippen LogP contribution in [0.1, 0.15) is 89.2 Å². The molecule has 0 saturated carbocycles. The molecular weight excluding hydrogens is 300 g/mol. The van der Waals surface area contributed by atoms with Crippen LogP contribution in [-0.2, 0) is 22.6 Å². The summed E-state index contributed by atoms with van der Waals surface area (Å²) in [6, 6.07) is 5.55. The highest BCUT2D eigenvalue weighted by Crippen LogP contribution is 2.19. The molecule has 1 aromatic carbocycles. The number of aromatic hydroxyl groups is 1. The summed E-state index contributed by atoms with van der Waals surface area (Å²) >= 11 is 0. The van der Waals surface area contributed by atoms with Crippen LogP contribution in [0.5, 0.6) is 5.75 Å². The first-order chi connectivity index (χ1) is 11.7. The number of unbranched alkanes of at least 4 members (excludes halogenated alkanes) is 7. The van der Waals surface area contributed by atoms with Gasteiger partial charge in [0.1, 0.15) is 12.4 Å². The van der Waals surface area contributed by atoms with Crippen LogP contribution in [0.15, 0.2) is 18.2 Å².